The summed E-state index contributed by atoms with van der Waals surface area (Å²) in [4.78, 5) is 32.3. The van der Waals surface area contributed by atoms with Crippen molar-refractivity contribution in [3.8, 4) is 5.75 Å². The predicted octanol–water partition coefficient (Wildman–Crippen LogP) is 1.42. The van der Waals surface area contributed by atoms with Gasteiger partial charge in [0.2, 0.25) is 5.95 Å². The molecule has 1 saturated heterocycles. The molecule has 172 valence electrons. The van der Waals surface area contributed by atoms with Gasteiger partial charge in [-0.15, -0.1) is 0 Å². The van der Waals surface area contributed by atoms with Crippen molar-refractivity contribution in [2.45, 2.75) is 39.3 Å². The van der Waals surface area contributed by atoms with E-state index in [4.69, 9.17) is 9.72 Å². The molecule has 3 aromatic rings. The topological polar surface area (TPSA) is 94.5 Å². The van der Waals surface area contributed by atoms with Gasteiger partial charge in [-0.3, -0.25) is 13.9 Å². The second-order valence-electron chi connectivity index (χ2n) is 8.85. The summed E-state index contributed by atoms with van der Waals surface area (Å²) in [5.41, 5.74) is 0.883. The third kappa shape index (κ3) is 4.17. The van der Waals surface area contributed by atoms with Crippen LogP contribution in [0.5, 0.6) is 5.75 Å². The van der Waals surface area contributed by atoms with E-state index in [1.165, 1.54) is 11.6 Å². The molecule has 1 N–H and O–H groups in total. The molecule has 1 fully saturated rings. The standard InChI is InChI=1S/C23H31N5O4/c1-15-8-10-27(11-9-15)22-24-20-19(21(30)26(4)23(31)25(20)3)28(22)13-17(29)14-32-18-7-5-6-16(2)12-18/h5-7,12,15,17,29H,8-11,13-14H2,1-4H3/t17-/m1/s1. The van der Waals surface area contributed by atoms with Gasteiger partial charge in [0.25, 0.3) is 5.56 Å². The molecule has 1 aliphatic rings. The molecule has 0 aliphatic carbocycles. The van der Waals surface area contributed by atoms with Crippen LogP contribution >= 0.6 is 0 Å². The fourth-order valence-electron chi connectivity index (χ4n) is 4.22. The van der Waals surface area contributed by atoms with E-state index in [9.17, 15) is 14.7 Å². The van der Waals surface area contributed by atoms with Gasteiger partial charge in [-0.2, -0.15) is 4.98 Å². The average molecular weight is 442 g/mol. The first-order valence-corrected chi connectivity index (χ1v) is 11.0. The number of benzene rings is 1. The molecule has 1 aromatic carbocycles. The SMILES string of the molecule is Cc1cccc(OC[C@H](O)Cn2c(N3CCC(C)CC3)nc3c2c(=O)n(C)c(=O)n3C)c1. The number of fused-ring (bicyclic) bond motifs is 1. The van der Waals surface area contributed by atoms with Gasteiger partial charge < -0.3 is 19.3 Å². The van der Waals surface area contributed by atoms with Crippen LogP contribution in [0.1, 0.15) is 25.3 Å². The Morgan fingerprint density at radius 3 is 2.59 bits per heavy atom. The Balaban J connectivity index is 1.70. The van der Waals surface area contributed by atoms with E-state index in [1.807, 2.05) is 31.2 Å². The molecule has 0 spiro atoms. The molecule has 1 atom stereocenters. The van der Waals surface area contributed by atoms with Gasteiger partial charge in [0.15, 0.2) is 11.2 Å². The van der Waals surface area contributed by atoms with E-state index in [2.05, 4.69) is 11.8 Å². The fourth-order valence-corrected chi connectivity index (χ4v) is 4.22. The molecule has 4 rings (SSSR count). The number of ether oxygens (including phenoxy) is 1. The number of aryl methyl sites for hydroxylation is 2. The van der Waals surface area contributed by atoms with Crippen LogP contribution in [0.15, 0.2) is 33.9 Å². The fraction of sp³-hybridized carbons (Fsp3) is 0.522. The van der Waals surface area contributed by atoms with Crippen molar-refractivity contribution in [3.05, 3.63) is 50.7 Å². The minimum absolute atomic E-state index is 0.0751. The highest BCUT2D eigenvalue weighted by Gasteiger charge is 2.26. The summed E-state index contributed by atoms with van der Waals surface area (Å²) in [7, 11) is 3.07. The lowest BCUT2D eigenvalue weighted by Gasteiger charge is -2.31. The van der Waals surface area contributed by atoms with Crippen molar-refractivity contribution < 1.29 is 9.84 Å². The Morgan fingerprint density at radius 2 is 1.91 bits per heavy atom. The molecule has 1 aliphatic heterocycles. The highest BCUT2D eigenvalue weighted by atomic mass is 16.5. The first kappa shape index (κ1) is 22.1. The molecule has 32 heavy (non-hydrogen) atoms. The quantitative estimate of drug-likeness (QED) is 0.622. The second kappa shape index (κ2) is 8.82. The number of hydrogen-bond acceptors (Lipinski definition) is 6. The summed E-state index contributed by atoms with van der Waals surface area (Å²) in [6.45, 7) is 6.05. The maximum atomic E-state index is 13.0. The number of hydrogen-bond donors (Lipinski definition) is 1. The molecule has 3 heterocycles. The number of rotatable bonds is 6. The zero-order valence-corrected chi connectivity index (χ0v) is 19.1. The van der Waals surface area contributed by atoms with E-state index in [-0.39, 0.29) is 13.2 Å². The number of nitrogens with zero attached hydrogens (tertiary/aromatic N) is 5. The molecule has 0 bridgehead atoms. The van der Waals surface area contributed by atoms with E-state index in [0.29, 0.717) is 28.8 Å². The van der Waals surface area contributed by atoms with Crippen molar-refractivity contribution >= 4 is 17.1 Å². The van der Waals surface area contributed by atoms with Crippen LogP contribution in [0, 0.1) is 12.8 Å². The summed E-state index contributed by atoms with van der Waals surface area (Å²) in [6, 6.07) is 7.64. The lowest BCUT2D eigenvalue weighted by molar-refractivity contribution is 0.0935. The van der Waals surface area contributed by atoms with Gasteiger partial charge in [0, 0.05) is 27.2 Å². The molecule has 2 aromatic heterocycles. The first-order chi connectivity index (χ1) is 15.3. The minimum Gasteiger partial charge on any atom is -0.491 e. The van der Waals surface area contributed by atoms with Gasteiger partial charge in [0.1, 0.15) is 18.5 Å². The Hall–Kier alpha value is -3.07. The van der Waals surface area contributed by atoms with Gasteiger partial charge in [-0.1, -0.05) is 19.1 Å². The zero-order valence-electron chi connectivity index (χ0n) is 19.1. The van der Waals surface area contributed by atoms with Crippen LogP contribution in [-0.4, -0.2) is 49.6 Å². The molecule has 0 amide bonds. The highest BCUT2D eigenvalue weighted by molar-refractivity contribution is 5.74. The third-order valence-electron chi connectivity index (χ3n) is 6.22. The molecular formula is C23H31N5O4. The highest BCUT2D eigenvalue weighted by Crippen LogP contribution is 2.25. The summed E-state index contributed by atoms with van der Waals surface area (Å²) < 4.78 is 9.99. The second-order valence-corrected chi connectivity index (χ2v) is 8.85. The number of anilines is 1. The van der Waals surface area contributed by atoms with Crippen LogP contribution in [-0.2, 0) is 20.6 Å². The number of imidazole rings is 1. The van der Waals surface area contributed by atoms with Crippen LogP contribution < -0.4 is 20.9 Å². The monoisotopic (exact) mass is 441 g/mol. The Kier molecular flexibility index (Phi) is 6.10. The minimum atomic E-state index is -0.864. The van der Waals surface area contributed by atoms with Crippen LogP contribution in [0.2, 0.25) is 0 Å². The van der Waals surface area contributed by atoms with E-state index in [0.717, 1.165) is 36.1 Å². The number of aliphatic hydroxyl groups excluding tert-OH is 1. The van der Waals surface area contributed by atoms with Crippen molar-refractivity contribution in [3.63, 3.8) is 0 Å². The lowest BCUT2D eigenvalue weighted by atomic mass is 10.00. The van der Waals surface area contributed by atoms with Gasteiger partial charge in [-0.25, -0.2) is 4.79 Å². The van der Waals surface area contributed by atoms with Crippen molar-refractivity contribution in [2.24, 2.45) is 20.0 Å². The van der Waals surface area contributed by atoms with Gasteiger partial charge in [-0.05, 0) is 43.4 Å². The van der Waals surface area contributed by atoms with Crippen LogP contribution in [0.4, 0.5) is 5.95 Å². The Morgan fingerprint density at radius 1 is 1.19 bits per heavy atom. The molecule has 0 radical (unpaired) electrons. The van der Waals surface area contributed by atoms with Gasteiger partial charge >= 0.3 is 5.69 Å². The summed E-state index contributed by atoms with van der Waals surface area (Å²) >= 11 is 0. The van der Waals surface area contributed by atoms with Crippen LogP contribution in [0.3, 0.4) is 0 Å². The molecule has 0 saturated carbocycles. The molecule has 9 heteroatoms. The van der Waals surface area contributed by atoms with E-state index < -0.39 is 17.4 Å². The van der Waals surface area contributed by atoms with Crippen LogP contribution in [0.25, 0.3) is 11.2 Å². The van der Waals surface area contributed by atoms with Gasteiger partial charge in [0.05, 0.1) is 6.54 Å². The smallest absolute Gasteiger partial charge is 0.332 e. The average Bonchev–Trinajstić information content (AvgIpc) is 3.14. The Bertz CT molecular complexity index is 1230. The number of piperidine rings is 1. The normalized spacial score (nSPS) is 16.0. The van der Waals surface area contributed by atoms with E-state index in [1.54, 1.807) is 11.6 Å². The largest absolute Gasteiger partial charge is 0.491 e. The molecule has 9 nitrogen and oxygen atoms in total. The third-order valence-corrected chi connectivity index (χ3v) is 6.22. The van der Waals surface area contributed by atoms with E-state index >= 15 is 0 Å². The van der Waals surface area contributed by atoms with Crippen molar-refractivity contribution in [1.82, 2.24) is 18.7 Å². The summed E-state index contributed by atoms with van der Waals surface area (Å²) in [6.07, 6.45) is 1.19. The predicted molar refractivity (Wildman–Crippen MR) is 124 cm³/mol. The zero-order chi connectivity index (χ0) is 23.0. The Labute approximate surface area is 186 Å². The summed E-state index contributed by atoms with van der Waals surface area (Å²) in [5.74, 6) is 1.93. The maximum absolute atomic E-state index is 13.0. The molecular weight excluding hydrogens is 410 g/mol. The number of aliphatic hydroxyl groups is 1. The lowest BCUT2D eigenvalue weighted by Crippen LogP contribution is -2.38. The number of aromatic nitrogens is 4. The van der Waals surface area contributed by atoms with Crippen molar-refractivity contribution in [1.29, 1.82) is 0 Å². The van der Waals surface area contributed by atoms with Crippen molar-refractivity contribution in [2.75, 3.05) is 24.6 Å². The summed E-state index contributed by atoms with van der Waals surface area (Å²) in [5, 5.41) is 10.8. The molecule has 0 unspecified atom stereocenters. The first-order valence-electron chi connectivity index (χ1n) is 11.0. The maximum Gasteiger partial charge on any atom is 0.332 e.